The van der Waals surface area contributed by atoms with Crippen molar-refractivity contribution in [3.05, 3.63) is 17.0 Å². The number of rotatable bonds is 3. The molecular weight excluding hydrogens is 150 g/mol. The van der Waals surface area contributed by atoms with Gasteiger partial charge in [0.15, 0.2) is 0 Å². The minimum absolute atomic E-state index is 0.493. The lowest BCUT2D eigenvalue weighted by molar-refractivity contribution is 0.802. The number of hydrogen-bond acceptors (Lipinski definition) is 2. The number of aromatic nitrogens is 2. The zero-order valence-electron chi connectivity index (χ0n) is 8.02. The van der Waals surface area contributed by atoms with Crippen molar-refractivity contribution in [2.24, 2.45) is 5.73 Å². The molecule has 0 saturated carbocycles. The maximum atomic E-state index is 5.47. The summed E-state index contributed by atoms with van der Waals surface area (Å²) in [6.07, 6.45) is 0.894. The Morgan fingerprint density at radius 2 is 2.17 bits per heavy atom. The summed E-state index contributed by atoms with van der Waals surface area (Å²) in [7, 11) is 0. The smallest absolute Gasteiger partial charge is 0.0679 e. The van der Waals surface area contributed by atoms with E-state index in [2.05, 4.69) is 31.0 Å². The first kappa shape index (κ1) is 9.26. The maximum absolute atomic E-state index is 5.47. The summed E-state index contributed by atoms with van der Waals surface area (Å²) in [5, 5.41) is 7.28. The van der Waals surface area contributed by atoms with E-state index >= 15 is 0 Å². The van der Waals surface area contributed by atoms with Crippen LogP contribution in [0.2, 0.25) is 0 Å². The molecule has 1 aromatic rings. The zero-order valence-corrected chi connectivity index (χ0v) is 8.02. The molecule has 0 atom stereocenters. The summed E-state index contributed by atoms with van der Waals surface area (Å²) in [5.41, 5.74) is 9.09. The lowest BCUT2D eigenvalue weighted by Gasteiger charge is -2.01. The van der Waals surface area contributed by atoms with E-state index in [0.717, 1.165) is 6.42 Å². The summed E-state index contributed by atoms with van der Waals surface area (Å²) in [6.45, 7) is 7.08. The molecule has 0 saturated heterocycles. The van der Waals surface area contributed by atoms with E-state index in [-0.39, 0.29) is 0 Å². The first-order chi connectivity index (χ1) is 5.66. The minimum Gasteiger partial charge on any atom is -0.330 e. The van der Waals surface area contributed by atoms with E-state index in [9.17, 15) is 0 Å². The summed E-state index contributed by atoms with van der Waals surface area (Å²) in [4.78, 5) is 0. The molecule has 0 aliphatic carbocycles. The van der Waals surface area contributed by atoms with Gasteiger partial charge in [0.1, 0.15) is 0 Å². The van der Waals surface area contributed by atoms with Crippen molar-refractivity contribution >= 4 is 0 Å². The minimum atomic E-state index is 0.493. The Labute approximate surface area is 73.4 Å². The van der Waals surface area contributed by atoms with E-state index in [4.69, 9.17) is 5.73 Å². The molecule has 12 heavy (non-hydrogen) atoms. The molecular formula is C9H17N3. The Morgan fingerprint density at radius 3 is 2.58 bits per heavy atom. The normalized spacial score (nSPS) is 11.1. The Kier molecular flexibility index (Phi) is 2.87. The molecule has 0 fully saturated rings. The Hall–Kier alpha value is -0.830. The van der Waals surface area contributed by atoms with Crippen molar-refractivity contribution in [3.8, 4) is 0 Å². The van der Waals surface area contributed by atoms with Crippen LogP contribution in [-0.4, -0.2) is 16.7 Å². The quantitative estimate of drug-likeness (QED) is 0.713. The molecule has 3 heteroatoms. The molecule has 3 nitrogen and oxygen atoms in total. The fourth-order valence-corrected chi connectivity index (χ4v) is 1.40. The lowest BCUT2D eigenvalue weighted by atomic mass is 10.0. The molecule has 0 unspecified atom stereocenters. The summed E-state index contributed by atoms with van der Waals surface area (Å²) in [5.74, 6) is 0.493. The third kappa shape index (κ3) is 1.67. The average Bonchev–Trinajstić information content (AvgIpc) is 2.34. The molecule has 1 rings (SSSR count). The van der Waals surface area contributed by atoms with Gasteiger partial charge in [-0.25, -0.2) is 0 Å². The van der Waals surface area contributed by atoms with Crippen LogP contribution in [0.25, 0.3) is 0 Å². The molecule has 0 aromatic carbocycles. The second-order valence-corrected chi connectivity index (χ2v) is 3.41. The molecule has 1 aromatic heterocycles. The standard InChI is InChI=1S/C9H17N3/c1-6(2)9-7(3)8(4-5-10)11-12-9/h6H,4-5,10H2,1-3H3,(H,11,12). The molecule has 0 aliphatic rings. The van der Waals surface area contributed by atoms with E-state index in [1.807, 2.05) is 0 Å². The average molecular weight is 167 g/mol. The molecule has 68 valence electrons. The highest BCUT2D eigenvalue weighted by Gasteiger charge is 2.10. The van der Waals surface area contributed by atoms with Gasteiger partial charge in [-0.3, -0.25) is 5.10 Å². The van der Waals surface area contributed by atoms with Crippen LogP contribution in [-0.2, 0) is 6.42 Å². The third-order valence-corrected chi connectivity index (χ3v) is 2.09. The van der Waals surface area contributed by atoms with Gasteiger partial charge in [-0.1, -0.05) is 13.8 Å². The monoisotopic (exact) mass is 167 g/mol. The molecule has 0 amide bonds. The second-order valence-electron chi connectivity index (χ2n) is 3.41. The van der Waals surface area contributed by atoms with Crippen LogP contribution in [0.15, 0.2) is 0 Å². The Balaban J connectivity index is 2.88. The second kappa shape index (κ2) is 3.72. The van der Waals surface area contributed by atoms with Crippen LogP contribution in [0.5, 0.6) is 0 Å². The molecule has 0 aliphatic heterocycles. The van der Waals surface area contributed by atoms with Crippen LogP contribution in [0.4, 0.5) is 0 Å². The van der Waals surface area contributed by atoms with Crippen molar-refractivity contribution in [3.63, 3.8) is 0 Å². The van der Waals surface area contributed by atoms with Crippen molar-refractivity contribution in [1.82, 2.24) is 10.2 Å². The summed E-state index contributed by atoms with van der Waals surface area (Å²) < 4.78 is 0. The summed E-state index contributed by atoms with van der Waals surface area (Å²) in [6, 6.07) is 0. The highest BCUT2D eigenvalue weighted by Crippen LogP contribution is 2.18. The van der Waals surface area contributed by atoms with Gasteiger partial charge >= 0.3 is 0 Å². The molecule has 0 radical (unpaired) electrons. The number of H-pyrrole nitrogens is 1. The van der Waals surface area contributed by atoms with Crippen LogP contribution in [0.1, 0.15) is 36.7 Å². The van der Waals surface area contributed by atoms with Gasteiger partial charge in [0.25, 0.3) is 0 Å². The summed E-state index contributed by atoms with van der Waals surface area (Å²) >= 11 is 0. The van der Waals surface area contributed by atoms with Gasteiger partial charge in [-0.2, -0.15) is 5.10 Å². The number of hydrogen-bond donors (Lipinski definition) is 2. The highest BCUT2D eigenvalue weighted by molar-refractivity contribution is 5.25. The lowest BCUT2D eigenvalue weighted by Crippen LogP contribution is -2.04. The van der Waals surface area contributed by atoms with Gasteiger partial charge < -0.3 is 5.73 Å². The predicted octanol–water partition coefficient (Wildman–Crippen LogP) is 1.34. The van der Waals surface area contributed by atoms with Crippen LogP contribution < -0.4 is 5.73 Å². The highest BCUT2D eigenvalue weighted by atomic mass is 15.1. The maximum Gasteiger partial charge on any atom is 0.0679 e. The van der Waals surface area contributed by atoms with Gasteiger partial charge in [-0.05, 0) is 24.9 Å². The largest absolute Gasteiger partial charge is 0.330 e. The van der Waals surface area contributed by atoms with E-state index in [1.165, 1.54) is 17.0 Å². The van der Waals surface area contributed by atoms with Gasteiger partial charge in [0.05, 0.1) is 5.69 Å². The van der Waals surface area contributed by atoms with Gasteiger partial charge in [-0.15, -0.1) is 0 Å². The third-order valence-electron chi connectivity index (χ3n) is 2.09. The van der Waals surface area contributed by atoms with Crippen LogP contribution >= 0.6 is 0 Å². The number of nitrogens with one attached hydrogen (secondary N) is 1. The predicted molar refractivity (Wildman–Crippen MR) is 50.2 cm³/mol. The number of nitrogens with two attached hydrogens (primary N) is 1. The molecule has 0 spiro atoms. The van der Waals surface area contributed by atoms with E-state index < -0.39 is 0 Å². The van der Waals surface area contributed by atoms with Crippen LogP contribution in [0, 0.1) is 6.92 Å². The number of nitrogens with zero attached hydrogens (tertiary/aromatic N) is 1. The Morgan fingerprint density at radius 1 is 1.50 bits per heavy atom. The topological polar surface area (TPSA) is 54.7 Å². The Bertz CT molecular complexity index is 250. The van der Waals surface area contributed by atoms with Crippen molar-refractivity contribution in [2.75, 3.05) is 6.54 Å². The van der Waals surface area contributed by atoms with E-state index in [0.29, 0.717) is 12.5 Å². The zero-order chi connectivity index (χ0) is 9.14. The fourth-order valence-electron chi connectivity index (χ4n) is 1.40. The van der Waals surface area contributed by atoms with Crippen molar-refractivity contribution in [1.29, 1.82) is 0 Å². The SMILES string of the molecule is Cc1c(C(C)C)n[nH]c1CCN. The molecule has 1 heterocycles. The first-order valence-electron chi connectivity index (χ1n) is 4.40. The van der Waals surface area contributed by atoms with Crippen molar-refractivity contribution in [2.45, 2.75) is 33.1 Å². The van der Waals surface area contributed by atoms with Crippen LogP contribution in [0.3, 0.4) is 0 Å². The van der Waals surface area contributed by atoms with E-state index in [1.54, 1.807) is 0 Å². The first-order valence-corrected chi connectivity index (χ1v) is 4.40. The molecule has 0 bridgehead atoms. The fraction of sp³-hybridized carbons (Fsp3) is 0.667. The van der Waals surface area contributed by atoms with Gasteiger partial charge in [0, 0.05) is 12.1 Å². The van der Waals surface area contributed by atoms with Gasteiger partial charge in [0.2, 0.25) is 0 Å². The molecule has 3 N–H and O–H groups in total. The number of aromatic amines is 1. The van der Waals surface area contributed by atoms with Crippen molar-refractivity contribution < 1.29 is 0 Å².